The molecule has 0 amide bonds. The fraction of sp³-hybridized carbons (Fsp3) is 0.667. The summed E-state index contributed by atoms with van der Waals surface area (Å²) in [5, 5.41) is 5.40. The Morgan fingerprint density at radius 2 is 2.00 bits per heavy atom. The number of hydrogen-bond acceptors (Lipinski definition) is 2. The van der Waals surface area contributed by atoms with Gasteiger partial charge in [-0.15, -0.1) is 9.24 Å². The molecule has 0 spiro atoms. The second kappa shape index (κ2) is 21.3. The first-order valence-electron chi connectivity index (χ1n) is 1.57. The van der Waals surface area contributed by atoms with E-state index in [-0.39, 0.29) is 0 Å². The van der Waals surface area contributed by atoms with Crippen LogP contribution in [0.2, 0.25) is 0 Å². The van der Waals surface area contributed by atoms with Crippen LogP contribution in [0.4, 0.5) is 0 Å². The van der Waals surface area contributed by atoms with E-state index in [1.165, 1.54) is 6.16 Å². The van der Waals surface area contributed by atoms with Gasteiger partial charge in [-0.2, -0.15) is 0 Å². The van der Waals surface area contributed by atoms with Crippen molar-refractivity contribution in [1.29, 1.82) is 5.41 Å². The smallest absolute Gasteiger partial charge is 0.222 e. The second-order valence-electron chi connectivity index (χ2n) is 0.510. The maximum absolute atomic E-state index is 8.35. The molecule has 0 fully saturated rings. The zero-order valence-corrected chi connectivity index (χ0v) is 4.85. The van der Waals surface area contributed by atoms with Gasteiger partial charge >= 0.3 is 0 Å². The highest BCUT2D eigenvalue weighted by molar-refractivity contribution is 7.16. The number of carbonyl (C=O) groups excluding carboxylic acids is 1. The zero-order chi connectivity index (χ0) is 5.41. The van der Waals surface area contributed by atoms with Crippen LogP contribution < -0.4 is 0 Å². The first-order chi connectivity index (χ1) is 2.83. The van der Waals surface area contributed by atoms with Crippen molar-refractivity contribution in [2.24, 2.45) is 0 Å². The molecule has 1 unspecified atom stereocenters. The Balaban J connectivity index is 0. The molecule has 0 aliphatic carbocycles. The number of isocyanates is 1. The van der Waals surface area contributed by atoms with E-state index in [9.17, 15) is 0 Å². The van der Waals surface area contributed by atoms with Gasteiger partial charge in [-0.25, -0.2) is 10.2 Å². The maximum Gasteiger partial charge on any atom is 0.231 e. The van der Waals surface area contributed by atoms with Gasteiger partial charge in [0.25, 0.3) is 0 Å². The summed E-state index contributed by atoms with van der Waals surface area (Å²) in [6.45, 7) is 2.09. The highest BCUT2D eigenvalue weighted by Crippen LogP contribution is 1.68. The first-order valence-corrected chi connectivity index (χ1v) is 2.39. The van der Waals surface area contributed by atoms with Crippen molar-refractivity contribution in [3.05, 3.63) is 0 Å². The predicted octanol–water partition coefficient (Wildman–Crippen LogP) is 0.782. The average Bonchev–Trinajstić information content (AvgIpc) is 1.39. The zero-order valence-electron chi connectivity index (χ0n) is 3.69. The molecular weight excluding hydrogens is 97.0 g/mol. The van der Waals surface area contributed by atoms with Crippen molar-refractivity contribution in [3.63, 3.8) is 0 Å². The molecule has 0 saturated heterocycles. The molecular formula is C3H8NOP. The highest BCUT2D eigenvalue weighted by Gasteiger charge is 1.35. The molecule has 36 valence electrons. The van der Waals surface area contributed by atoms with E-state index in [1.54, 1.807) is 0 Å². The number of rotatable bonds is 0. The van der Waals surface area contributed by atoms with Crippen molar-refractivity contribution in [2.75, 3.05) is 6.16 Å². The molecule has 0 heterocycles. The van der Waals surface area contributed by atoms with Gasteiger partial charge in [0.05, 0.1) is 0 Å². The lowest BCUT2D eigenvalue weighted by Gasteiger charge is -1.48. The summed E-state index contributed by atoms with van der Waals surface area (Å²) in [6.07, 6.45) is 1.92. The van der Waals surface area contributed by atoms with Crippen LogP contribution in [0.1, 0.15) is 6.92 Å². The molecule has 2 nitrogen and oxygen atoms in total. The van der Waals surface area contributed by atoms with Crippen LogP contribution in [0.15, 0.2) is 0 Å². The Morgan fingerprint density at radius 1 is 2.00 bits per heavy atom. The van der Waals surface area contributed by atoms with Gasteiger partial charge in [-0.3, -0.25) is 0 Å². The summed E-state index contributed by atoms with van der Waals surface area (Å²) >= 11 is 0. The molecule has 1 atom stereocenters. The van der Waals surface area contributed by atoms with Gasteiger partial charge < -0.3 is 0 Å². The third kappa shape index (κ3) is 833. The molecule has 0 aromatic carbocycles. The van der Waals surface area contributed by atoms with Gasteiger partial charge in [-0.05, 0) is 6.16 Å². The molecule has 0 aliphatic rings. The molecule has 0 radical (unpaired) electrons. The summed E-state index contributed by atoms with van der Waals surface area (Å²) < 4.78 is 0. The summed E-state index contributed by atoms with van der Waals surface area (Å²) in [5.41, 5.74) is 0. The lowest BCUT2D eigenvalue weighted by atomic mass is 11.0. The standard InChI is InChI=1S/C2H7P.CHNO/c1-2-3;2-1-3/h2-3H2,1H3;2H. The van der Waals surface area contributed by atoms with Gasteiger partial charge in [0.1, 0.15) is 0 Å². The fourth-order valence-electron chi connectivity index (χ4n) is 0. The Labute approximate surface area is 39.7 Å². The van der Waals surface area contributed by atoms with Crippen molar-refractivity contribution >= 4 is 15.3 Å². The van der Waals surface area contributed by atoms with Crippen molar-refractivity contribution < 1.29 is 4.79 Å². The molecule has 1 N–H and O–H groups in total. The monoisotopic (exact) mass is 105 g/mol. The minimum atomic E-state index is 0.750. The molecule has 3 heteroatoms. The van der Waals surface area contributed by atoms with Crippen LogP contribution in [0.3, 0.4) is 0 Å². The van der Waals surface area contributed by atoms with Crippen LogP contribution in [0.25, 0.3) is 0 Å². The van der Waals surface area contributed by atoms with Crippen LogP contribution in [0.5, 0.6) is 0 Å². The van der Waals surface area contributed by atoms with Crippen LogP contribution in [0, 0.1) is 5.41 Å². The minimum absolute atomic E-state index is 0.750. The molecule has 0 rings (SSSR count). The van der Waals surface area contributed by atoms with Gasteiger partial charge in [0.2, 0.25) is 6.08 Å². The third-order valence-corrected chi connectivity index (χ3v) is 0. The van der Waals surface area contributed by atoms with Crippen molar-refractivity contribution in [1.82, 2.24) is 0 Å². The lowest BCUT2D eigenvalue weighted by molar-refractivity contribution is 0.563. The summed E-state index contributed by atoms with van der Waals surface area (Å²) in [6, 6.07) is 0. The average molecular weight is 105 g/mol. The molecule has 0 aliphatic heterocycles. The SMILES string of the molecule is CCP.N=C=O. The van der Waals surface area contributed by atoms with E-state index < -0.39 is 0 Å². The summed E-state index contributed by atoms with van der Waals surface area (Å²) in [5.74, 6) is 0. The van der Waals surface area contributed by atoms with Gasteiger partial charge in [-0.1, -0.05) is 6.92 Å². The van der Waals surface area contributed by atoms with Crippen molar-refractivity contribution in [3.8, 4) is 0 Å². The Kier molecular flexibility index (Phi) is 32.9. The van der Waals surface area contributed by atoms with E-state index in [0.29, 0.717) is 0 Å². The second-order valence-corrected chi connectivity index (χ2v) is 1.33. The van der Waals surface area contributed by atoms with E-state index in [0.717, 1.165) is 6.08 Å². The Bertz CT molecular complexity index is 40.1. The highest BCUT2D eigenvalue weighted by atomic mass is 31.0. The van der Waals surface area contributed by atoms with Gasteiger partial charge in [0.15, 0.2) is 0 Å². The lowest BCUT2D eigenvalue weighted by Crippen LogP contribution is -1.33. The molecule has 0 aromatic heterocycles. The number of hydrogen-bond donors (Lipinski definition) is 1. The molecule has 0 bridgehead atoms. The van der Waals surface area contributed by atoms with E-state index in [2.05, 4.69) is 16.2 Å². The Morgan fingerprint density at radius 3 is 2.00 bits per heavy atom. The fourth-order valence-corrected chi connectivity index (χ4v) is 0. The van der Waals surface area contributed by atoms with Crippen LogP contribution >= 0.6 is 9.24 Å². The topological polar surface area (TPSA) is 40.9 Å². The normalized spacial score (nSPS) is 4.33. The first kappa shape index (κ1) is 9.26. The summed E-state index contributed by atoms with van der Waals surface area (Å²) in [7, 11) is 2.58. The number of nitrogens with one attached hydrogen (secondary N) is 1. The molecule has 6 heavy (non-hydrogen) atoms. The van der Waals surface area contributed by atoms with E-state index in [4.69, 9.17) is 10.2 Å². The quantitative estimate of drug-likeness (QED) is 0.276. The predicted molar refractivity (Wildman–Crippen MR) is 28.7 cm³/mol. The van der Waals surface area contributed by atoms with Gasteiger partial charge in [0, 0.05) is 0 Å². The Hall–Kier alpha value is -0.190. The molecule has 0 saturated carbocycles. The maximum atomic E-state index is 8.35. The minimum Gasteiger partial charge on any atom is -0.222 e. The molecule has 0 aromatic rings. The van der Waals surface area contributed by atoms with E-state index >= 15 is 0 Å². The summed E-state index contributed by atoms with van der Waals surface area (Å²) in [4.78, 5) is 8.35. The van der Waals surface area contributed by atoms with E-state index in [1.807, 2.05) is 0 Å². The third-order valence-electron chi connectivity index (χ3n) is 0. The van der Waals surface area contributed by atoms with Crippen molar-refractivity contribution in [2.45, 2.75) is 6.92 Å². The largest absolute Gasteiger partial charge is 0.231 e. The van der Waals surface area contributed by atoms with Crippen LogP contribution in [-0.2, 0) is 4.79 Å². The van der Waals surface area contributed by atoms with Crippen LogP contribution in [-0.4, -0.2) is 12.2 Å².